The van der Waals surface area contributed by atoms with Crippen LogP contribution in [0.5, 0.6) is 0 Å². The van der Waals surface area contributed by atoms with Gasteiger partial charge in [-0.2, -0.15) is 17.8 Å². The van der Waals surface area contributed by atoms with Gasteiger partial charge in [0.2, 0.25) is 0 Å². The molecule has 0 amide bonds. The minimum Gasteiger partial charge on any atom is -0.328 e. The Morgan fingerprint density at radius 2 is 1.76 bits per heavy atom. The fraction of sp³-hybridized carbons (Fsp3) is 0.455. The van der Waals surface area contributed by atoms with E-state index in [9.17, 15) is 8.42 Å². The van der Waals surface area contributed by atoms with Crippen molar-refractivity contribution < 1.29 is 12.7 Å². The summed E-state index contributed by atoms with van der Waals surface area (Å²) in [6, 6.07) is 8.29. The van der Waals surface area contributed by atoms with Crippen LogP contribution in [0.1, 0.15) is 12.8 Å². The van der Waals surface area contributed by atoms with Crippen LogP contribution in [0.3, 0.4) is 0 Å². The molecule has 2 N–H and O–H groups in total. The summed E-state index contributed by atoms with van der Waals surface area (Å²) in [4.78, 5) is 0.176. The van der Waals surface area contributed by atoms with Gasteiger partial charge < -0.3 is 5.73 Å². The second-order valence-electron chi connectivity index (χ2n) is 4.11. The van der Waals surface area contributed by atoms with Crippen molar-refractivity contribution in [1.82, 2.24) is 5.06 Å². The van der Waals surface area contributed by atoms with Gasteiger partial charge in [-0.25, -0.2) is 0 Å². The smallest absolute Gasteiger partial charge is 0.313 e. The van der Waals surface area contributed by atoms with E-state index in [0.717, 1.165) is 12.8 Å². The van der Waals surface area contributed by atoms with E-state index in [-0.39, 0.29) is 10.9 Å². The summed E-state index contributed by atoms with van der Waals surface area (Å²) in [7, 11) is -3.69. The van der Waals surface area contributed by atoms with Gasteiger partial charge in [-0.1, -0.05) is 18.2 Å². The molecule has 0 bridgehead atoms. The number of nitrogens with zero attached hydrogens (tertiary/aromatic N) is 1. The lowest BCUT2D eigenvalue weighted by molar-refractivity contribution is -0.0685. The van der Waals surface area contributed by atoms with E-state index in [2.05, 4.69) is 0 Å². The summed E-state index contributed by atoms with van der Waals surface area (Å²) in [5, 5.41) is 1.46. The molecule has 0 radical (unpaired) electrons. The molecular formula is C11H16N2O3S. The maximum Gasteiger partial charge on any atom is 0.313 e. The summed E-state index contributed by atoms with van der Waals surface area (Å²) in [6.07, 6.45) is 1.51. The van der Waals surface area contributed by atoms with Crippen molar-refractivity contribution in [2.24, 2.45) is 5.73 Å². The molecule has 1 saturated heterocycles. The third kappa shape index (κ3) is 3.26. The van der Waals surface area contributed by atoms with Crippen LogP contribution >= 0.6 is 0 Å². The summed E-state index contributed by atoms with van der Waals surface area (Å²) < 4.78 is 28.8. The average Bonchev–Trinajstić information content (AvgIpc) is 2.33. The maximum atomic E-state index is 11.9. The van der Waals surface area contributed by atoms with Crippen molar-refractivity contribution in [2.75, 3.05) is 13.1 Å². The number of nitrogens with two attached hydrogens (primary N) is 1. The third-order valence-corrected chi connectivity index (χ3v) is 3.99. The van der Waals surface area contributed by atoms with Crippen LogP contribution in [-0.2, 0) is 14.4 Å². The van der Waals surface area contributed by atoms with Crippen molar-refractivity contribution in [1.29, 1.82) is 0 Å². The van der Waals surface area contributed by atoms with Crippen molar-refractivity contribution >= 4 is 10.1 Å². The van der Waals surface area contributed by atoms with Crippen LogP contribution in [-0.4, -0.2) is 32.6 Å². The van der Waals surface area contributed by atoms with Crippen LogP contribution in [0.25, 0.3) is 0 Å². The van der Waals surface area contributed by atoms with Crippen molar-refractivity contribution in [3.63, 3.8) is 0 Å². The van der Waals surface area contributed by atoms with Gasteiger partial charge in [-0.3, -0.25) is 0 Å². The highest BCUT2D eigenvalue weighted by Crippen LogP contribution is 2.16. The van der Waals surface area contributed by atoms with E-state index >= 15 is 0 Å². The van der Waals surface area contributed by atoms with Gasteiger partial charge in [0.1, 0.15) is 0 Å². The molecule has 17 heavy (non-hydrogen) atoms. The molecule has 94 valence electrons. The molecule has 0 aromatic heterocycles. The standard InChI is InChI=1S/C11H16N2O3S/c12-10-6-8-13(9-7-10)16-17(14,15)11-4-2-1-3-5-11/h1-5,10H,6-9,12H2. The molecule has 1 heterocycles. The first-order chi connectivity index (χ1) is 8.08. The number of piperidine rings is 1. The minimum atomic E-state index is -3.69. The molecule has 1 fully saturated rings. The number of hydroxylamine groups is 2. The Morgan fingerprint density at radius 1 is 1.18 bits per heavy atom. The molecule has 0 saturated carbocycles. The molecule has 1 aliphatic heterocycles. The Morgan fingerprint density at radius 3 is 2.35 bits per heavy atom. The van der Waals surface area contributed by atoms with E-state index in [1.165, 1.54) is 17.2 Å². The molecule has 1 aromatic carbocycles. The minimum absolute atomic E-state index is 0.147. The van der Waals surface area contributed by atoms with Crippen molar-refractivity contribution in [3.8, 4) is 0 Å². The van der Waals surface area contributed by atoms with Crippen LogP contribution in [0.2, 0.25) is 0 Å². The van der Waals surface area contributed by atoms with Crippen LogP contribution in [0.4, 0.5) is 0 Å². The Labute approximate surface area is 101 Å². The predicted molar refractivity (Wildman–Crippen MR) is 63.5 cm³/mol. The van der Waals surface area contributed by atoms with E-state index in [1.54, 1.807) is 18.2 Å². The summed E-state index contributed by atoms with van der Waals surface area (Å²) >= 11 is 0. The van der Waals surface area contributed by atoms with Crippen LogP contribution in [0.15, 0.2) is 35.2 Å². The zero-order valence-corrected chi connectivity index (χ0v) is 10.3. The predicted octanol–water partition coefficient (Wildman–Crippen LogP) is 0.730. The molecule has 0 spiro atoms. The number of hydrogen-bond donors (Lipinski definition) is 1. The highest BCUT2D eigenvalue weighted by Gasteiger charge is 2.23. The molecule has 2 rings (SSSR count). The third-order valence-electron chi connectivity index (χ3n) is 2.73. The highest BCUT2D eigenvalue weighted by atomic mass is 32.2. The lowest BCUT2D eigenvalue weighted by atomic mass is 10.1. The topological polar surface area (TPSA) is 72.6 Å². The maximum absolute atomic E-state index is 11.9. The van der Waals surface area contributed by atoms with Gasteiger partial charge in [0.05, 0.1) is 4.90 Å². The number of benzene rings is 1. The molecule has 5 nitrogen and oxygen atoms in total. The summed E-state index contributed by atoms with van der Waals surface area (Å²) in [6.45, 7) is 1.10. The van der Waals surface area contributed by atoms with Gasteiger partial charge in [-0.15, -0.1) is 0 Å². The fourth-order valence-electron chi connectivity index (χ4n) is 1.72. The highest BCUT2D eigenvalue weighted by molar-refractivity contribution is 7.86. The zero-order valence-electron chi connectivity index (χ0n) is 9.45. The molecule has 0 aliphatic carbocycles. The first-order valence-corrected chi connectivity index (χ1v) is 6.99. The second kappa shape index (κ2) is 5.14. The molecule has 1 aliphatic rings. The quantitative estimate of drug-likeness (QED) is 0.863. The van der Waals surface area contributed by atoms with Gasteiger partial charge in [-0.05, 0) is 25.0 Å². The lowest BCUT2D eigenvalue weighted by Crippen LogP contribution is -2.40. The monoisotopic (exact) mass is 256 g/mol. The zero-order chi connectivity index (χ0) is 12.3. The van der Waals surface area contributed by atoms with E-state index in [0.29, 0.717) is 13.1 Å². The van der Waals surface area contributed by atoms with Gasteiger partial charge in [0.25, 0.3) is 0 Å². The summed E-state index contributed by atoms with van der Waals surface area (Å²) in [5.41, 5.74) is 5.74. The number of rotatable bonds is 3. The normalized spacial score (nSPS) is 19.4. The van der Waals surface area contributed by atoms with Crippen LogP contribution < -0.4 is 5.73 Å². The fourth-order valence-corrected chi connectivity index (χ4v) is 2.72. The van der Waals surface area contributed by atoms with E-state index in [1.807, 2.05) is 0 Å². The molecule has 6 heteroatoms. The van der Waals surface area contributed by atoms with E-state index in [4.69, 9.17) is 10.0 Å². The molecular weight excluding hydrogens is 240 g/mol. The number of hydrogen-bond acceptors (Lipinski definition) is 5. The van der Waals surface area contributed by atoms with Crippen molar-refractivity contribution in [3.05, 3.63) is 30.3 Å². The Balaban J connectivity index is 2.03. The molecule has 0 unspecified atom stereocenters. The SMILES string of the molecule is NC1CCN(OS(=O)(=O)c2ccccc2)CC1. The second-order valence-corrected chi connectivity index (χ2v) is 5.64. The lowest BCUT2D eigenvalue weighted by Gasteiger charge is -2.28. The van der Waals surface area contributed by atoms with E-state index < -0.39 is 10.1 Å². The van der Waals surface area contributed by atoms with Gasteiger partial charge in [0, 0.05) is 19.1 Å². The largest absolute Gasteiger partial charge is 0.328 e. The Bertz CT molecular complexity index is 453. The first-order valence-electron chi connectivity index (χ1n) is 5.58. The first kappa shape index (κ1) is 12.5. The molecule has 1 aromatic rings. The average molecular weight is 256 g/mol. The Kier molecular flexibility index (Phi) is 3.78. The van der Waals surface area contributed by atoms with Crippen LogP contribution in [0, 0.1) is 0 Å². The van der Waals surface area contributed by atoms with Crippen molar-refractivity contribution in [2.45, 2.75) is 23.8 Å². The molecule has 0 atom stereocenters. The Hall–Kier alpha value is -0.950. The summed E-state index contributed by atoms with van der Waals surface area (Å²) in [5.74, 6) is 0. The van der Waals surface area contributed by atoms with Gasteiger partial charge in [0.15, 0.2) is 0 Å². The van der Waals surface area contributed by atoms with Gasteiger partial charge >= 0.3 is 10.1 Å².